The molecule has 5 rings (SSSR count). The number of benzene rings is 3. The number of anilines is 1. The number of hydrogen-bond acceptors (Lipinski definition) is 5. The lowest BCUT2D eigenvalue weighted by Gasteiger charge is -2.40. The van der Waals surface area contributed by atoms with Crippen molar-refractivity contribution >= 4 is 33.2 Å². The molecule has 2 saturated heterocycles. The molecule has 2 aliphatic rings. The number of sulfonamides is 1. The van der Waals surface area contributed by atoms with E-state index in [9.17, 15) is 13.2 Å². The highest BCUT2D eigenvalue weighted by molar-refractivity contribution is 7.89. The Labute approximate surface area is 282 Å². The molecule has 250 valence electrons. The zero-order valence-electron chi connectivity index (χ0n) is 26.7. The maximum absolute atomic E-state index is 15.4. The number of carbonyl (C=O) groups is 1. The molecule has 3 aromatic carbocycles. The third kappa shape index (κ3) is 8.40. The minimum atomic E-state index is -3.72. The molecule has 11 heteroatoms. The zero-order valence-corrected chi connectivity index (χ0v) is 28.2. The van der Waals surface area contributed by atoms with E-state index in [4.69, 9.17) is 22.9 Å². The predicted octanol–water partition coefficient (Wildman–Crippen LogP) is 6.72. The van der Waals surface area contributed by atoms with E-state index in [0.29, 0.717) is 61.8 Å². The van der Waals surface area contributed by atoms with Gasteiger partial charge in [0.05, 0.1) is 10.8 Å². The molecule has 1 amide bonds. The van der Waals surface area contributed by atoms with Gasteiger partial charge in [-0.15, -0.1) is 0 Å². The van der Waals surface area contributed by atoms with Gasteiger partial charge in [-0.05, 0) is 93.3 Å². The molecular formula is C36H43ClFN4O4S+. The van der Waals surface area contributed by atoms with E-state index >= 15 is 4.39 Å². The summed E-state index contributed by atoms with van der Waals surface area (Å²) in [6.45, 7) is 10.1. The molecule has 0 saturated carbocycles. The molecule has 5 atom stereocenters. The Morgan fingerprint density at radius 2 is 1.85 bits per heavy atom. The molecular weight excluding hydrogens is 639 g/mol. The van der Waals surface area contributed by atoms with Crippen LogP contribution in [-0.4, -0.2) is 63.1 Å². The van der Waals surface area contributed by atoms with Gasteiger partial charge >= 0.3 is 11.9 Å². The molecule has 3 aromatic rings. The maximum Gasteiger partial charge on any atom is 0.355 e. The van der Waals surface area contributed by atoms with Crippen LogP contribution < -0.4 is 10.6 Å². The molecule has 0 bridgehead atoms. The third-order valence-electron chi connectivity index (χ3n) is 9.30. The molecule has 2 N–H and O–H groups in total. The number of rotatable bonds is 11. The zero-order chi connectivity index (χ0) is 33.4. The highest BCUT2D eigenvalue weighted by atomic mass is 35.5. The Hall–Kier alpha value is -3.33. The van der Waals surface area contributed by atoms with Gasteiger partial charge in [0.25, 0.3) is 6.57 Å². The van der Waals surface area contributed by atoms with Crippen LogP contribution in [0.2, 0.25) is 5.02 Å². The lowest BCUT2D eigenvalue weighted by molar-refractivity contribution is -0.117. The molecule has 0 radical (unpaired) electrons. The van der Waals surface area contributed by atoms with Gasteiger partial charge in [-0.3, -0.25) is 4.79 Å². The van der Waals surface area contributed by atoms with E-state index in [1.54, 1.807) is 58.9 Å². The van der Waals surface area contributed by atoms with Crippen molar-refractivity contribution in [3.8, 4) is 6.57 Å². The monoisotopic (exact) mass is 681 g/mol. The molecule has 5 unspecified atom stereocenters. The first-order valence-corrected chi connectivity index (χ1v) is 18.1. The minimum Gasteiger partial charge on any atom is -0.381 e. The number of nitrogens with zero attached hydrogens (tertiary/aromatic N) is 2. The minimum absolute atomic E-state index is 0.0929. The second kappa shape index (κ2) is 16.2. The molecule has 0 spiro atoms. The van der Waals surface area contributed by atoms with Crippen molar-refractivity contribution in [2.24, 2.45) is 5.92 Å². The van der Waals surface area contributed by atoms with Gasteiger partial charge in [-0.1, -0.05) is 52.8 Å². The van der Waals surface area contributed by atoms with Crippen molar-refractivity contribution in [2.75, 3.05) is 31.6 Å². The second-order valence-electron chi connectivity index (χ2n) is 12.4. The van der Waals surface area contributed by atoms with Crippen LogP contribution in [0.15, 0.2) is 77.7 Å². The van der Waals surface area contributed by atoms with Crippen LogP contribution in [0.1, 0.15) is 56.1 Å². The Morgan fingerprint density at radius 3 is 2.60 bits per heavy atom. The summed E-state index contributed by atoms with van der Waals surface area (Å²) in [5.41, 5.74) is 1.61. The van der Waals surface area contributed by atoms with Crippen molar-refractivity contribution in [2.45, 2.75) is 74.4 Å². The van der Waals surface area contributed by atoms with E-state index in [0.717, 1.165) is 24.8 Å². The summed E-state index contributed by atoms with van der Waals surface area (Å²) < 4.78 is 49.9. The SMILES string of the molecule is C#[N+]C(C(=O)Nc1cccc(F)c1CCCC1CNCC(C)N1S(=O)(=O)c1ccccc1)C(c1ccc(Cl)cc1)C1CCCOCC1. The number of amides is 1. The topological polar surface area (TPSA) is 92.1 Å². The molecule has 2 heterocycles. The molecule has 0 aliphatic carbocycles. The van der Waals surface area contributed by atoms with Crippen molar-refractivity contribution in [1.29, 1.82) is 0 Å². The highest BCUT2D eigenvalue weighted by Gasteiger charge is 2.43. The quantitative estimate of drug-likeness (QED) is 0.234. The fourth-order valence-corrected chi connectivity index (χ4v) is 9.03. The normalized spacial score (nSPS) is 22.0. The summed E-state index contributed by atoms with van der Waals surface area (Å²) in [7, 11) is -3.72. The smallest absolute Gasteiger partial charge is 0.355 e. The van der Waals surface area contributed by atoms with Crippen LogP contribution in [0.5, 0.6) is 0 Å². The Morgan fingerprint density at radius 1 is 1.09 bits per heavy atom. The average Bonchev–Trinajstić information content (AvgIpc) is 3.35. The summed E-state index contributed by atoms with van der Waals surface area (Å²) in [5.74, 6) is -1.09. The van der Waals surface area contributed by atoms with Crippen LogP contribution in [0.4, 0.5) is 10.1 Å². The molecule has 47 heavy (non-hydrogen) atoms. The average molecular weight is 682 g/mol. The largest absolute Gasteiger partial charge is 0.381 e. The van der Waals surface area contributed by atoms with Gasteiger partial charge in [-0.25, -0.2) is 12.8 Å². The lowest BCUT2D eigenvalue weighted by Crippen LogP contribution is -2.58. The lowest BCUT2D eigenvalue weighted by atomic mass is 9.77. The molecule has 8 nitrogen and oxygen atoms in total. The first-order chi connectivity index (χ1) is 22.7. The predicted molar refractivity (Wildman–Crippen MR) is 184 cm³/mol. The van der Waals surface area contributed by atoms with Crippen LogP contribution in [0.25, 0.3) is 4.85 Å². The first kappa shape index (κ1) is 35.0. The summed E-state index contributed by atoms with van der Waals surface area (Å²) in [6.07, 6.45) is 3.78. The molecule has 0 aromatic heterocycles. The fourth-order valence-electron chi connectivity index (χ4n) is 7.03. The van der Waals surface area contributed by atoms with Crippen molar-refractivity contribution in [1.82, 2.24) is 9.62 Å². The summed E-state index contributed by atoms with van der Waals surface area (Å²) in [6, 6.07) is 19.0. The van der Waals surface area contributed by atoms with Crippen molar-refractivity contribution in [3.05, 3.63) is 99.6 Å². The van der Waals surface area contributed by atoms with Gasteiger partial charge in [-0.2, -0.15) is 4.31 Å². The standard InChI is InChI=1S/C36H42ClFN4O4S/c1-25-23-40-24-29(42(25)47(44,45)30-11-4-3-5-12-30)10-6-13-31-32(38)14-7-15-33(31)41-36(43)35(39-2)34(26-9-8-21-46-22-20-26)27-16-18-28(37)19-17-27/h2-5,7,11-12,14-19,25-26,29,34-35,40H,6,8-10,13,20-24H2,1H3/p+1. The first-order valence-electron chi connectivity index (χ1n) is 16.3. The summed E-state index contributed by atoms with van der Waals surface area (Å²) in [5, 5.41) is 6.87. The number of ether oxygens (including phenoxy) is 1. The summed E-state index contributed by atoms with van der Waals surface area (Å²) in [4.78, 5) is 18.3. The summed E-state index contributed by atoms with van der Waals surface area (Å²) >= 11 is 6.18. The molecule has 2 aliphatic heterocycles. The number of hydrogen-bond donors (Lipinski definition) is 2. The Bertz CT molecular complexity index is 1640. The van der Waals surface area contributed by atoms with Crippen LogP contribution in [0, 0.1) is 18.3 Å². The van der Waals surface area contributed by atoms with E-state index in [-0.39, 0.29) is 28.8 Å². The van der Waals surface area contributed by atoms with Crippen LogP contribution >= 0.6 is 11.6 Å². The van der Waals surface area contributed by atoms with Gasteiger partial charge in [0.2, 0.25) is 10.0 Å². The van der Waals surface area contributed by atoms with E-state index < -0.39 is 27.8 Å². The number of piperazine rings is 1. The van der Waals surface area contributed by atoms with E-state index in [1.165, 1.54) is 6.07 Å². The van der Waals surface area contributed by atoms with Gasteiger partial charge in [0, 0.05) is 54.7 Å². The van der Waals surface area contributed by atoms with Gasteiger partial charge in [0.15, 0.2) is 0 Å². The second-order valence-corrected chi connectivity index (χ2v) is 14.7. The van der Waals surface area contributed by atoms with Crippen LogP contribution in [-0.2, 0) is 26.0 Å². The van der Waals surface area contributed by atoms with Gasteiger partial charge < -0.3 is 15.4 Å². The Kier molecular flexibility index (Phi) is 12.0. The fraction of sp³-hybridized carbons (Fsp3) is 0.444. The van der Waals surface area contributed by atoms with E-state index in [1.807, 2.05) is 19.1 Å². The Balaban J connectivity index is 1.33. The van der Waals surface area contributed by atoms with E-state index in [2.05, 4.69) is 15.5 Å². The van der Waals surface area contributed by atoms with Crippen molar-refractivity contribution < 1.29 is 22.3 Å². The van der Waals surface area contributed by atoms with Crippen LogP contribution in [0.3, 0.4) is 0 Å². The number of halogens is 2. The van der Waals surface area contributed by atoms with Gasteiger partial charge in [0.1, 0.15) is 5.82 Å². The molecule has 2 fully saturated rings. The third-order valence-corrected chi connectivity index (χ3v) is 11.6. The number of carbonyl (C=O) groups excluding carboxylic acids is 1. The maximum atomic E-state index is 15.4. The highest BCUT2D eigenvalue weighted by Crippen LogP contribution is 2.38. The van der Waals surface area contributed by atoms with Crippen molar-refractivity contribution in [3.63, 3.8) is 0 Å². The number of nitrogens with one attached hydrogen (secondary N) is 2.